The van der Waals surface area contributed by atoms with E-state index < -0.39 is 0 Å². The highest BCUT2D eigenvalue weighted by molar-refractivity contribution is 9.09. The topological polar surface area (TPSA) is 169 Å². The smallest absolute Gasteiger partial charge is 0.242 e. The SMILES string of the molecule is COCCOCCc1cc(C#Cc2ccc(C#Cc3cc(CCOCCOC)c(C#Cc4ccc(C#Cc5cc(CCOCCOC)c(C#CNC(=O)CBr)cc5CCOCCOC)cc4)cc3CCOCCOC)cc2)c(CCOCCOC)cc1C#CNC(=O)CBr. The van der Waals surface area contributed by atoms with Crippen LogP contribution in [0.5, 0.6) is 0 Å². The van der Waals surface area contributed by atoms with Gasteiger partial charge in [-0.05, 0) is 169 Å². The molecule has 0 bridgehead atoms. The lowest BCUT2D eigenvalue weighted by Gasteiger charge is -2.12. The molecule has 0 radical (unpaired) electrons. The quantitative estimate of drug-likeness (QED) is 0.0168. The Kier molecular flexibility index (Phi) is 40.1. The van der Waals surface area contributed by atoms with Crippen LogP contribution in [0.4, 0.5) is 0 Å². The summed E-state index contributed by atoms with van der Waals surface area (Å²) >= 11 is 6.37. The Labute approximate surface area is 573 Å². The van der Waals surface area contributed by atoms with E-state index in [2.05, 4.69) is 138 Å². The number of hydrogen-bond acceptors (Lipinski definition) is 14. The van der Waals surface area contributed by atoms with Crippen LogP contribution >= 0.6 is 31.9 Å². The van der Waals surface area contributed by atoms with Gasteiger partial charge in [0.15, 0.2) is 0 Å². The average Bonchev–Trinajstić information content (AvgIpc) is 0.882. The second-order valence-corrected chi connectivity index (χ2v) is 21.8. The normalized spacial score (nSPS) is 10.5. The molecule has 16 nitrogen and oxygen atoms in total. The lowest BCUT2D eigenvalue weighted by Crippen LogP contribution is -2.18. The second kappa shape index (κ2) is 48.6. The number of alkyl halides is 2. The van der Waals surface area contributed by atoms with Crippen LogP contribution in [0.2, 0.25) is 0 Å². The zero-order valence-electron chi connectivity index (χ0n) is 54.9. The lowest BCUT2D eigenvalue weighted by molar-refractivity contribution is -0.118. The maximum Gasteiger partial charge on any atom is 0.242 e. The summed E-state index contributed by atoms with van der Waals surface area (Å²) in [4.78, 5) is 24.0. The van der Waals surface area contributed by atoms with Gasteiger partial charge in [-0.2, -0.15) is 0 Å². The Morgan fingerprint density at radius 2 is 0.479 bits per heavy atom. The molecule has 18 heteroatoms. The number of hydrogen-bond donors (Lipinski definition) is 2. The Morgan fingerprint density at radius 1 is 0.287 bits per heavy atom. The van der Waals surface area contributed by atoms with Crippen molar-refractivity contribution < 1.29 is 66.4 Å². The summed E-state index contributed by atoms with van der Waals surface area (Å²) in [7, 11) is 9.87. The largest absolute Gasteiger partial charge is 0.382 e. The number of methoxy groups -OCH3 is 6. The van der Waals surface area contributed by atoms with Crippen molar-refractivity contribution in [1.29, 1.82) is 0 Å². The van der Waals surface area contributed by atoms with Gasteiger partial charge >= 0.3 is 0 Å². The molecule has 0 unspecified atom stereocenters. The van der Waals surface area contributed by atoms with E-state index in [1.165, 1.54) is 0 Å². The summed E-state index contributed by atoms with van der Waals surface area (Å²) in [5.74, 6) is 33.3. The predicted molar refractivity (Wildman–Crippen MR) is 372 cm³/mol. The highest BCUT2D eigenvalue weighted by Gasteiger charge is 2.14. The molecule has 0 spiro atoms. The molecule has 2 amide bonds. The van der Waals surface area contributed by atoms with Gasteiger partial charge in [-0.1, -0.05) is 79.2 Å². The minimum atomic E-state index is -0.235. The van der Waals surface area contributed by atoms with Crippen molar-refractivity contribution in [2.75, 3.05) is 172 Å². The summed E-state index contributed by atoms with van der Waals surface area (Å²) in [6.07, 6.45) is 3.51. The van der Waals surface area contributed by atoms with Crippen molar-refractivity contribution in [2.24, 2.45) is 0 Å². The third kappa shape index (κ3) is 31.0. The first-order valence-electron chi connectivity index (χ1n) is 31.0. The predicted octanol–water partition coefficient (Wildman–Crippen LogP) is 8.16. The molecular formula is C76H86Br2N2O14. The summed E-state index contributed by atoms with van der Waals surface area (Å²) < 4.78 is 66.6. The van der Waals surface area contributed by atoms with Gasteiger partial charge in [0, 0.05) is 110 Å². The Hall–Kier alpha value is -7.12. The standard InChI is InChI=1S/C76H86Br2N2O14/c1-83-39-45-89-33-25-69-51-64(20-16-60-9-13-62(14-10-60)18-22-66-54-74(30-38-94-50-44-88-6)68(24-32-80-76(82)58-78)56-72(66)28-36-92-48-42-86-4)70(26-34-90-46-40-84-2)52-63(69)19-15-59-7-11-61(12-8-59)17-21-65-53-73(29-37-93-49-43-87-5)67(23-31-79-75(81)57-77)55-71(65)27-35-91-47-41-85-3/h7-14,51-56H,25-30,33-50,57-58H2,1-6H3,(H,79,81)(H,80,82). The van der Waals surface area contributed by atoms with E-state index in [0.29, 0.717) is 157 Å². The molecule has 2 N–H and O–H groups in total. The van der Waals surface area contributed by atoms with Gasteiger partial charge in [0.2, 0.25) is 11.8 Å². The molecule has 0 saturated heterocycles. The van der Waals surface area contributed by atoms with Crippen molar-refractivity contribution in [3.8, 4) is 71.3 Å². The zero-order valence-corrected chi connectivity index (χ0v) is 58.1. The lowest BCUT2D eigenvalue weighted by atomic mass is 9.94. The zero-order chi connectivity index (χ0) is 67.1. The van der Waals surface area contributed by atoms with Gasteiger partial charge in [-0.3, -0.25) is 20.2 Å². The fourth-order valence-corrected chi connectivity index (χ4v) is 9.08. The maximum absolute atomic E-state index is 12.0. The maximum atomic E-state index is 12.0. The minimum Gasteiger partial charge on any atom is -0.382 e. The highest BCUT2D eigenvalue weighted by atomic mass is 79.9. The molecule has 0 aliphatic carbocycles. The summed E-state index contributed by atoms with van der Waals surface area (Å²) in [5.41, 5.74) is 14.0. The van der Waals surface area contributed by atoms with Gasteiger partial charge in [0.05, 0.1) is 130 Å². The van der Waals surface area contributed by atoms with E-state index in [4.69, 9.17) is 56.8 Å². The van der Waals surface area contributed by atoms with E-state index in [1.807, 2.05) is 60.7 Å². The van der Waals surface area contributed by atoms with E-state index in [9.17, 15) is 9.59 Å². The highest BCUT2D eigenvalue weighted by Crippen LogP contribution is 2.23. The first-order valence-corrected chi connectivity index (χ1v) is 33.3. The van der Waals surface area contributed by atoms with Crippen molar-refractivity contribution in [3.05, 3.63) is 174 Å². The third-order valence-corrected chi connectivity index (χ3v) is 14.9. The van der Waals surface area contributed by atoms with E-state index >= 15 is 0 Å². The molecule has 0 aliphatic rings. The van der Waals surface area contributed by atoms with Gasteiger partial charge in [0.1, 0.15) is 0 Å². The number of halogens is 2. The molecule has 5 aromatic carbocycles. The van der Waals surface area contributed by atoms with Crippen LogP contribution in [-0.4, -0.2) is 184 Å². The number of rotatable bonds is 38. The molecule has 0 fully saturated rings. The van der Waals surface area contributed by atoms with Gasteiger partial charge < -0.3 is 56.8 Å². The number of nitrogens with one attached hydrogen (secondary N) is 2. The van der Waals surface area contributed by atoms with Crippen LogP contribution in [0.3, 0.4) is 0 Å². The Bertz CT molecular complexity index is 3290. The molecule has 0 heterocycles. The molecule has 0 atom stereocenters. The number of amides is 2. The third-order valence-electron chi connectivity index (χ3n) is 13.8. The molecule has 5 aromatic rings. The van der Waals surface area contributed by atoms with Gasteiger partial charge in [-0.25, -0.2) is 0 Å². The monoisotopic (exact) mass is 1410 g/mol. The summed E-state index contributed by atoms with van der Waals surface area (Å²) in [6, 6.07) is 33.8. The van der Waals surface area contributed by atoms with Crippen molar-refractivity contribution in [2.45, 2.75) is 38.5 Å². The Morgan fingerprint density at radius 3 is 0.660 bits per heavy atom. The number of benzene rings is 5. The molecule has 0 aliphatic heterocycles. The van der Waals surface area contributed by atoms with Crippen LogP contribution in [0.1, 0.15) is 89.0 Å². The molecule has 0 aromatic heterocycles. The van der Waals surface area contributed by atoms with Crippen LogP contribution in [-0.2, 0) is 105 Å². The first-order chi connectivity index (χ1) is 46.1. The number of carbonyl (C=O) groups excluding carboxylic acids is 2. The molecule has 5 rings (SSSR count). The number of ether oxygens (including phenoxy) is 12. The van der Waals surface area contributed by atoms with E-state index in [1.54, 1.807) is 42.7 Å². The second-order valence-electron chi connectivity index (χ2n) is 20.6. The Balaban J connectivity index is 1.48. The van der Waals surface area contributed by atoms with Gasteiger partial charge in [0.25, 0.3) is 0 Å². The first kappa shape index (κ1) is 77.6. The fourth-order valence-electron chi connectivity index (χ4n) is 8.80. The fraction of sp³-hybridized carbons (Fsp3) is 0.421. The van der Waals surface area contributed by atoms with E-state index in [0.717, 1.165) is 89.0 Å². The van der Waals surface area contributed by atoms with Gasteiger partial charge in [-0.15, -0.1) is 0 Å². The van der Waals surface area contributed by atoms with Crippen molar-refractivity contribution >= 4 is 43.7 Å². The van der Waals surface area contributed by atoms with Crippen molar-refractivity contribution in [3.63, 3.8) is 0 Å². The van der Waals surface area contributed by atoms with Crippen LogP contribution < -0.4 is 10.6 Å². The molecule has 0 saturated carbocycles. The average molecular weight is 1410 g/mol. The summed E-state index contributed by atoms with van der Waals surface area (Å²) in [6.45, 7) is 8.43. The van der Waals surface area contributed by atoms with E-state index in [-0.39, 0.29) is 22.5 Å². The molecule has 498 valence electrons. The molecular weight excluding hydrogens is 1320 g/mol. The van der Waals surface area contributed by atoms with Crippen molar-refractivity contribution in [1.82, 2.24) is 10.6 Å². The minimum absolute atomic E-state index is 0.143. The number of carbonyl (C=O) groups is 2. The molecule has 94 heavy (non-hydrogen) atoms. The van der Waals surface area contributed by atoms with Crippen LogP contribution in [0.15, 0.2) is 84.9 Å². The summed E-state index contributed by atoms with van der Waals surface area (Å²) in [5, 5.41) is 5.53. The van der Waals surface area contributed by atoms with Crippen LogP contribution in [0.25, 0.3) is 0 Å². The van der Waals surface area contributed by atoms with Crippen LogP contribution in [0, 0.1) is 71.3 Å².